The van der Waals surface area contributed by atoms with E-state index in [9.17, 15) is 18.5 Å². The molecule has 2 aromatic carbocycles. The number of nitrogens with one attached hydrogen (secondary N) is 2. The quantitative estimate of drug-likeness (QED) is 0.409. The van der Waals surface area contributed by atoms with Crippen molar-refractivity contribution in [3.05, 3.63) is 59.3 Å². The van der Waals surface area contributed by atoms with Crippen LogP contribution in [0.1, 0.15) is 41.8 Å². The van der Waals surface area contributed by atoms with Crippen LogP contribution in [0.5, 0.6) is 5.75 Å². The SMILES string of the molecule is CNS(=O)(=O)c1ccc(OCC(C)C)c(C(=O)N2CCN(CCCc3c[nH]c4ccc(C#N)cc34)CC2)c1. The summed E-state index contributed by atoms with van der Waals surface area (Å²) < 4.78 is 32.9. The summed E-state index contributed by atoms with van der Waals surface area (Å²) in [5.74, 6) is 0.447. The molecule has 0 aliphatic carbocycles. The number of H-pyrrole nitrogens is 1. The maximum Gasteiger partial charge on any atom is 0.257 e. The first-order valence-electron chi connectivity index (χ1n) is 12.9. The van der Waals surface area contributed by atoms with E-state index in [-0.39, 0.29) is 22.3 Å². The number of hydrogen-bond donors (Lipinski definition) is 2. The van der Waals surface area contributed by atoms with Gasteiger partial charge in [-0.05, 0) is 74.3 Å². The third-order valence-corrected chi connectivity index (χ3v) is 8.22. The topological polar surface area (TPSA) is 119 Å². The molecule has 2 N–H and O–H groups in total. The van der Waals surface area contributed by atoms with E-state index in [0.717, 1.165) is 43.4 Å². The predicted molar refractivity (Wildman–Crippen MR) is 147 cm³/mol. The number of carbonyl (C=O) groups is 1. The molecule has 10 heteroatoms. The Morgan fingerprint density at radius 3 is 2.61 bits per heavy atom. The number of nitrogens with zero attached hydrogens (tertiary/aromatic N) is 3. The van der Waals surface area contributed by atoms with Gasteiger partial charge in [-0.3, -0.25) is 9.69 Å². The molecular formula is C28H35N5O4S. The van der Waals surface area contributed by atoms with Crippen molar-refractivity contribution in [2.45, 2.75) is 31.6 Å². The lowest BCUT2D eigenvalue weighted by molar-refractivity contribution is 0.0631. The highest BCUT2D eigenvalue weighted by atomic mass is 32.2. The highest BCUT2D eigenvalue weighted by molar-refractivity contribution is 7.89. The lowest BCUT2D eigenvalue weighted by Crippen LogP contribution is -2.49. The first kappa shape index (κ1) is 27.6. The lowest BCUT2D eigenvalue weighted by Gasteiger charge is -2.35. The highest BCUT2D eigenvalue weighted by Crippen LogP contribution is 2.26. The molecule has 0 saturated carbocycles. The number of benzene rings is 2. The average Bonchev–Trinajstić information content (AvgIpc) is 3.33. The minimum Gasteiger partial charge on any atom is -0.492 e. The number of carbonyl (C=O) groups excluding carboxylic acids is 1. The molecule has 1 aromatic heterocycles. The second kappa shape index (κ2) is 12.0. The number of hydrogen-bond acceptors (Lipinski definition) is 6. The van der Waals surface area contributed by atoms with Gasteiger partial charge in [0.05, 0.1) is 28.7 Å². The lowest BCUT2D eigenvalue weighted by atomic mass is 10.1. The van der Waals surface area contributed by atoms with E-state index >= 15 is 0 Å². The summed E-state index contributed by atoms with van der Waals surface area (Å²) in [6, 6.07) is 12.3. The fourth-order valence-electron chi connectivity index (χ4n) is 4.64. The fraction of sp³-hybridized carbons (Fsp3) is 0.429. The number of ether oxygens (including phenoxy) is 1. The van der Waals surface area contributed by atoms with Crippen LogP contribution >= 0.6 is 0 Å². The van der Waals surface area contributed by atoms with E-state index in [1.165, 1.54) is 24.7 Å². The van der Waals surface area contributed by atoms with E-state index in [0.29, 0.717) is 31.0 Å². The van der Waals surface area contributed by atoms with Crippen LogP contribution in [0.25, 0.3) is 10.9 Å². The molecule has 4 rings (SSSR count). The van der Waals surface area contributed by atoms with Crippen molar-refractivity contribution < 1.29 is 17.9 Å². The van der Waals surface area contributed by atoms with Crippen molar-refractivity contribution >= 4 is 26.8 Å². The van der Waals surface area contributed by atoms with Gasteiger partial charge in [0.2, 0.25) is 10.0 Å². The number of amides is 1. The third kappa shape index (κ3) is 6.35. The Kier molecular flexibility index (Phi) is 8.72. The summed E-state index contributed by atoms with van der Waals surface area (Å²) in [5.41, 5.74) is 3.17. The molecule has 1 amide bonds. The molecule has 0 spiro atoms. The van der Waals surface area contributed by atoms with Gasteiger partial charge in [-0.1, -0.05) is 13.8 Å². The Bertz CT molecular complexity index is 1430. The molecule has 1 fully saturated rings. The zero-order chi connectivity index (χ0) is 27.3. The van der Waals surface area contributed by atoms with Crippen LogP contribution < -0.4 is 9.46 Å². The number of fused-ring (bicyclic) bond motifs is 1. The predicted octanol–water partition coefficient (Wildman–Crippen LogP) is 3.37. The third-order valence-electron chi connectivity index (χ3n) is 6.81. The summed E-state index contributed by atoms with van der Waals surface area (Å²) in [5, 5.41) is 10.3. The van der Waals surface area contributed by atoms with Crippen LogP contribution in [0.4, 0.5) is 0 Å². The first-order valence-corrected chi connectivity index (χ1v) is 14.4. The molecule has 3 aromatic rings. The molecule has 202 valence electrons. The molecule has 38 heavy (non-hydrogen) atoms. The number of aryl methyl sites for hydroxylation is 1. The highest BCUT2D eigenvalue weighted by Gasteiger charge is 2.26. The molecule has 0 radical (unpaired) electrons. The van der Waals surface area contributed by atoms with Gasteiger partial charge in [-0.15, -0.1) is 0 Å². The van der Waals surface area contributed by atoms with Crippen molar-refractivity contribution in [2.75, 3.05) is 46.4 Å². The van der Waals surface area contributed by atoms with Crippen molar-refractivity contribution in [2.24, 2.45) is 5.92 Å². The second-order valence-corrected chi connectivity index (χ2v) is 11.9. The van der Waals surface area contributed by atoms with Gasteiger partial charge in [-0.25, -0.2) is 13.1 Å². The Morgan fingerprint density at radius 1 is 1.16 bits per heavy atom. The van der Waals surface area contributed by atoms with E-state index < -0.39 is 10.0 Å². The van der Waals surface area contributed by atoms with Crippen LogP contribution in [-0.2, 0) is 16.4 Å². The molecule has 1 aliphatic rings. The van der Waals surface area contributed by atoms with Gasteiger partial charge in [0, 0.05) is 43.3 Å². The fourth-order valence-corrected chi connectivity index (χ4v) is 5.39. The average molecular weight is 538 g/mol. The Hall–Kier alpha value is -3.39. The van der Waals surface area contributed by atoms with E-state index in [1.54, 1.807) is 11.0 Å². The number of nitriles is 1. The van der Waals surface area contributed by atoms with Gasteiger partial charge in [0.25, 0.3) is 5.91 Å². The van der Waals surface area contributed by atoms with Gasteiger partial charge in [0.1, 0.15) is 5.75 Å². The largest absolute Gasteiger partial charge is 0.492 e. The number of sulfonamides is 1. The minimum absolute atomic E-state index is 0.0399. The molecular weight excluding hydrogens is 502 g/mol. The molecule has 0 bridgehead atoms. The van der Waals surface area contributed by atoms with Gasteiger partial charge >= 0.3 is 0 Å². The smallest absolute Gasteiger partial charge is 0.257 e. The summed E-state index contributed by atoms with van der Waals surface area (Å²) in [6.07, 6.45) is 3.88. The van der Waals surface area contributed by atoms with Crippen molar-refractivity contribution in [1.29, 1.82) is 5.26 Å². The molecule has 1 aliphatic heterocycles. The van der Waals surface area contributed by atoms with Crippen LogP contribution in [0, 0.1) is 17.2 Å². The van der Waals surface area contributed by atoms with Crippen molar-refractivity contribution in [1.82, 2.24) is 19.5 Å². The minimum atomic E-state index is -3.69. The zero-order valence-electron chi connectivity index (χ0n) is 22.2. The molecule has 9 nitrogen and oxygen atoms in total. The Morgan fingerprint density at radius 2 is 1.92 bits per heavy atom. The van der Waals surface area contributed by atoms with Gasteiger partial charge in [-0.2, -0.15) is 5.26 Å². The van der Waals surface area contributed by atoms with Crippen LogP contribution in [0.2, 0.25) is 0 Å². The number of aromatic nitrogens is 1. The Balaban J connectivity index is 1.37. The van der Waals surface area contributed by atoms with E-state index in [4.69, 9.17) is 4.74 Å². The van der Waals surface area contributed by atoms with Crippen molar-refractivity contribution in [3.63, 3.8) is 0 Å². The Labute approximate surface area is 224 Å². The molecule has 1 saturated heterocycles. The summed E-state index contributed by atoms with van der Waals surface area (Å²) in [4.78, 5) is 20.9. The van der Waals surface area contributed by atoms with Crippen molar-refractivity contribution in [3.8, 4) is 11.8 Å². The maximum absolute atomic E-state index is 13.5. The first-order chi connectivity index (χ1) is 18.2. The molecule has 0 unspecified atom stereocenters. The number of aromatic amines is 1. The van der Waals surface area contributed by atoms with Crippen LogP contribution in [-0.4, -0.2) is 75.5 Å². The van der Waals surface area contributed by atoms with E-state index in [1.807, 2.05) is 38.2 Å². The monoisotopic (exact) mass is 537 g/mol. The molecule has 2 heterocycles. The normalized spacial score (nSPS) is 14.7. The van der Waals surface area contributed by atoms with Crippen LogP contribution in [0.3, 0.4) is 0 Å². The summed E-state index contributed by atoms with van der Waals surface area (Å²) in [7, 11) is -2.34. The van der Waals surface area contributed by atoms with E-state index in [2.05, 4.69) is 20.7 Å². The maximum atomic E-state index is 13.5. The van der Waals surface area contributed by atoms with Crippen LogP contribution in [0.15, 0.2) is 47.5 Å². The summed E-state index contributed by atoms with van der Waals surface area (Å²) >= 11 is 0. The number of rotatable bonds is 10. The van der Waals surface area contributed by atoms with Gasteiger partial charge < -0.3 is 14.6 Å². The number of piperazine rings is 1. The van der Waals surface area contributed by atoms with Gasteiger partial charge in [0.15, 0.2) is 0 Å². The summed E-state index contributed by atoms with van der Waals surface area (Å²) in [6.45, 7) is 7.98. The standard InChI is InChI=1S/C28H35N5O4S/c1-20(2)19-37-27-9-7-23(38(35,36)30-3)16-25(27)28(34)33-13-11-32(12-14-33)10-4-5-22-18-31-26-8-6-21(17-29)15-24(22)26/h6-9,15-16,18,20,30-31H,4-5,10-14,19H2,1-3H3. The second-order valence-electron chi connectivity index (χ2n) is 9.99. The molecule has 0 atom stereocenters. The zero-order valence-corrected chi connectivity index (χ0v) is 23.0.